The van der Waals surface area contributed by atoms with Crippen molar-refractivity contribution in [1.29, 1.82) is 0 Å². The molecule has 0 unspecified atom stereocenters. The number of nitrogen functional groups attached to an aromatic ring is 1. The van der Waals surface area contributed by atoms with Crippen molar-refractivity contribution in [2.45, 2.75) is 13.3 Å². The van der Waals surface area contributed by atoms with E-state index >= 15 is 0 Å². The van der Waals surface area contributed by atoms with Gasteiger partial charge in [0.05, 0.1) is 24.0 Å². The summed E-state index contributed by atoms with van der Waals surface area (Å²) in [6, 6.07) is 5.87. The van der Waals surface area contributed by atoms with E-state index in [-0.39, 0.29) is 0 Å². The Balaban J connectivity index is 2.58. The fourth-order valence-electron chi connectivity index (χ4n) is 1.52. The number of rotatable bonds is 3. The molecule has 0 saturated carbocycles. The molecule has 0 atom stereocenters. The van der Waals surface area contributed by atoms with E-state index in [1.807, 2.05) is 18.2 Å². The van der Waals surface area contributed by atoms with Crippen molar-refractivity contribution in [2.24, 2.45) is 0 Å². The molecular formula is C12H13BrN2O. The zero-order chi connectivity index (χ0) is 11.5. The Morgan fingerprint density at radius 3 is 3.00 bits per heavy atom. The van der Waals surface area contributed by atoms with Gasteiger partial charge in [0.1, 0.15) is 0 Å². The van der Waals surface area contributed by atoms with Crippen molar-refractivity contribution in [3.63, 3.8) is 0 Å². The highest BCUT2D eigenvalue weighted by atomic mass is 79.9. The van der Waals surface area contributed by atoms with Crippen LogP contribution in [0.1, 0.15) is 13.3 Å². The number of aromatic nitrogens is 1. The van der Waals surface area contributed by atoms with E-state index in [1.165, 1.54) is 0 Å². The first kappa shape index (κ1) is 11.2. The van der Waals surface area contributed by atoms with Crippen molar-refractivity contribution < 1.29 is 4.74 Å². The van der Waals surface area contributed by atoms with Gasteiger partial charge in [0, 0.05) is 9.86 Å². The second kappa shape index (κ2) is 4.70. The summed E-state index contributed by atoms with van der Waals surface area (Å²) in [7, 11) is 0. The largest absolute Gasteiger partial charge is 0.491 e. The number of benzene rings is 1. The highest BCUT2D eigenvalue weighted by molar-refractivity contribution is 9.10. The maximum atomic E-state index is 5.87. The fraction of sp³-hybridized carbons (Fsp3) is 0.250. The number of ether oxygens (including phenoxy) is 1. The molecule has 2 rings (SSSR count). The molecule has 16 heavy (non-hydrogen) atoms. The standard InChI is InChI=1S/C12H13BrN2O/c1-2-5-16-12-9-6-8(13)3-4-11(9)15-7-10(12)14/h3-4,6-7H,2,5,14H2,1H3. The highest BCUT2D eigenvalue weighted by Gasteiger charge is 2.08. The van der Waals surface area contributed by atoms with E-state index in [0.717, 1.165) is 27.5 Å². The number of hydrogen-bond donors (Lipinski definition) is 1. The summed E-state index contributed by atoms with van der Waals surface area (Å²) in [5.41, 5.74) is 7.35. The normalized spacial score (nSPS) is 10.6. The Hall–Kier alpha value is -1.29. The van der Waals surface area contributed by atoms with Crippen LogP contribution in [0.5, 0.6) is 5.75 Å². The second-order valence-corrected chi connectivity index (χ2v) is 4.47. The summed E-state index contributed by atoms with van der Waals surface area (Å²) in [5, 5.41) is 0.947. The third kappa shape index (κ3) is 2.11. The Labute approximate surface area is 103 Å². The van der Waals surface area contributed by atoms with Crippen molar-refractivity contribution in [1.82, 2.24) is 4.98 Å². The first-order chi connectivity index (χ1) is 7.72. The zero-order valence-corrected chi connectivity index (χ0v) is 10.6. The molecular weight excluding hydrogens is 268 g/mol. The Morgan fingerprint density at radius 2 is 2.25 bits per heavy atom. The summed E-state index contributed by atoms with van der Waals surface area (Å²) < 4.78 is 6.66. The molecule has 0 fully saturated rings. The van der Waals surface area contributed by atoms with Gasteiger partial charge in [0.15, 0.2) is 5.75 Å². The van der Waals surface area contributed by atoms with Gasteiger partial charge in [0.2, 0.25) is 0 Å². The molecule has 0 bridgehead atoms. The number of pyridine rings is 1. The van der Waals surface area contributed by atoms with E-state index in [1.54, 1.807) is 6.20 Å². The number of hydrogen-bond acceptors (Lipinski definition) is 3. The maximum absolute atomic E-state index is 5.87. The van der Waals surface area contributed by atoms with Crippen LogP contribution in [-0.2, 0) is 0 Å². The number of nitrogens with zero attached hydrogens (tertiary/aromatic N) is 1. The Morgan fingerprint density at radius 1 is 1.44 bits per heavy atom. The fourth-order valence-corrected chi connectivity index (χ4v) is 1.88. The van der Waals surface area contributed by atoms with Crippen LogP contribution in [0.3, 0.4) is 0 Å². The average Bonchev–Trinajstić information content (AvgIpc) is 2.28. The molecule has 0 aliphatic rings. The Kier molecular flexibility index (Phi) is 3.29. The molecule has 0 amide bonds. The van der Waals surface area contributed by atoms with E-state index in [0.29, 0.717) is 12.3 Å². The van der Waals surface area contributed by atoms with Gasteiger partial charge >= 0.3 is 0 Å². The lowest BCUT2D eigenvalue weighted by Gasteiger charge is -2.10. The molecule has 1 heterocycles. The van der Waals surface area contributed by atoms with Gasteiger partial charge in [-0.2, -0.15) is 0 Å². The molecule has 0 aliphatic carbocycles. The van der Waals surface area contributed by atoms with E-state index in [2.05, 4.69) is 27.8 Å². The molecule has 0 radical (unpaired) electrons. The highest BCUT2D eigenvalue weighted by Crippen LogP contribution is 2.32. The van der Waals surface area contributed by atoms with E-state index < -0.39 is 0 Å². The molecule has 4 heteroatoms. The first-order valence-corrected chi connectivity index (χ1v) is 5.98. The second-order valence-electron chi connectivity index (χ2n) is 3.55. The van der Waals surface area contributed by atoms with E-state index in [9.17, 15) is 0 Å². The smallest absolute Gasteiger partial charge is 0.153 e. The SMILES string of the molecule is CCCOc1c(N)cnc2ccc(Br)cc12. The molecule has 0 spiro atoms. The summed E-state index contributed by atoms with van der Waals surface area (Å²) in [6.07, 6.45) is 2.60. The molecule has 0 aliphatic heterocycles. The van der Waals surface area contributed by atoms with E-state index in [4.69, 9.17) is 10.5 Å². The van der Waals surface area contributed by atoms with Gasteiger partial charge in [-0.3, -0.25) is 4.98 Å². The van der Waals surface area contributed by atoms with Crippen molar-refractivity contribution in [3.05, 3.63) is 28.9 Å². The van der Waals surface area contributed by atoms with Crippen LogP contribution >= 0.6 is 15.9 Å². The minimum atomic E-state index is 0.582. The van der Waals surface area contributed by atoms with Crippen LogP contribution in [0.2, 0.25) is 0 Å². The van der Waals surface area contributed by atoms with Gasteiger partial charge in [-0.05, 0) is 24.6 Å². The number of anilines is 1. The monoisotopic (exact) mass is 280 g/mol. The first-order valence-electron chi connectivity index (χ1n) is 5.19. The van der Waals surface area contributed by atoms with Crippen LogP contribution in [0, 0.1) is 0 Å². The minimum Gasteiger partial charge on any atom is -0.491 e. The zero-order valence-electron chi connectivity index (χ0n) is 9.03. The molecule has 2 aromatic rings. The molecule has 3 nitrogen and oxygen atoms in total. The molecule has 1 aromatic carbocycles. The molecule has 1 aromatic heterocycles. The summed E-state index contributed by atoms with van der Waals surface area (Å²) in [6.45, 7) is 2.73. The lowest BCUT2D eigenvalue weighted by molar-refractivity contribution is 0.322. The van der Waals surface area contributed by atoms with Crippen LogP contribution in [0.4, 0.5) is 5.69 Å². The number of fused-ring (bicyclic) bond motifs is 1. The minimum absolute atomic E-state index is 0.582. The third-order valence-electron chi connectivity index (χ3n) is 2.26. The topological polar surface area (TPSA) is 48.1 Å². The number of halogens is 1. The Bertz CT molecular complexity index is 508. The summed E-state index contributed by atoms with van der Waals surface area (Å²) >= 11 is 3.44. The van der Waals surface area contributed by atoms with Crippen molar-refractivity contribution in [3.8, 4) is 5.75 Å². The lowest BCUT2D eigenvalue weighted by Crippen LogP contribution is -2.00. The maximum Gasteiger partial charge on any atom is 0.153 e. The predicted molar refractivity (Wildman–Crippen MR) is 69.6 cm³/mol. The molecule has 2 N–H and O–H groups in total. The average molecular weight is 281 g/mol. The lowest BCUT2D eigenvalue weighted by atomic mass is 10.2. The van der Waals surface area contributed by atoms with Gasteiger partial charge in [-0.25, -0.2) is 0 Å². The van der Waals surface area contributed by atoms with Crippen molar-refractivity contribution in [2.75, 3.05) is 12.3 Å². The van der Waals surface area contributed by atoms with Crippen LogP contribution < -0.4 is 10.5 Å². The van der Waals surface area contributed by atoms with Crippen LogP contribution in [0.25, 0.3) is 10.9 Å². The third-order valence-corrected chi connectivity index (χ3v) is 2.75. The summed E-state index contributed by atoms with van der Waals surface area (Å²) in [4.78, 5) is 4.26. The van der Waals surface area contributed by atoms with Gasteiger partial charge in [-0.15, -0.1) is 0 Å². The van der Waals surface area contributed by atoms with Gasteiger partial charge in [0.25, 0.3) is 0 Å². The quantitative estimate of drug-likeness (QED) is 0.938. The molecule has 84 valence electrons. The predicted octanol–water partition coefficient (Wildman–Crippen LogP) is 3.37. The molecule has 0 saturated heterocycles. The van der Waals surface area contributed by atoms with Crippen LogP contribution in [-0.4, -0.2) is 11.6 Å². The number of nitrogens with two attached hydrogens (primary N) is 1. The van der Waals surface area contributed by atoms with Crippen molar-refractivity contribution >= 4 is 32.5 Å². The summed E-state index contributed by atoms with van der Waals surface area (Å²) in [5.74, 6) is 0.730. The van der Waals surface area contributed by atoms with Gasteiger partial charge < -0.3 is 10.5 Å². The van der Waals surface area contributed by atoms with Crippen LogP contribution in [0.15, 0.2) is 28.9 Å². The van der Waals surface area contributed by atoms with Gasteiger partial charge in [-0.1, -0.05) is 22.9 Å².